The first kappa shape index (κ1) is 14.1. The van der Waals surface area contributed by atoms with E-state index in [9.17, 15) is 5.11 Å². The summed E-state index contributed by atoms with van der Waals surface area (Å²) in [4.78, 5) is 0. The smallest absolute Gasteiger partial charge is 0.0940 e. The molecule has 2 aliphatic rings. The Labute approximate surface area is 120 Å². The van der Waals surface area contributed by atoms with Gasteiger partial charge in [0.15, 0.2) is 0 Å². The molecular weight excluding hydrogens is 252 g/mol. The molecule has 0 bridgehead atoms. The average molecular weight is 276 g/mol. The summed E-state index contributed by atoms with van der Waals surface area (Å²) in [5.74, 6) is 0.270. The van der Waals surface area contributed by atoms with Crippen molar-refractivity contribution in [3.05, 3.63) is 34.9 Å². The van der Waals surface area contributed by atoms with Crippen molar-refractivity contribution in [2.24, 2.45) is 5.92 Å². The summed E-state index contributed by atoms with van der Waals surface area (Å²) in [6.45, 7) is 6.37. The third-order valence-electron chi connectivity index (χ3n) is 4.63. The fourth-order valence-electron chi connectivity index (χ4n) is 3.65. The number of aliphatic hydroxyl groups excluding tert-OH is 1. The van der Waals surface area contributed by atoms with Gasteiger partial charge in [-0.15, -0.1) is 0 Å². The molecule has 2 heterocycles. The minimum Gasteiger partial charge on any atom is -0.388 e. The van der Waals surface area contributed by atoms with Crippen molar-refractivity contribution in [2.45, 2.75) is 44.8 Å². The first-order chi connectivity index (χ1) is 9.58. The number of hydrogen-bond acceptors (Lipinski definition) is 3. The topological polar surface area (TPSA) is 38.7 Å². The van der Waals surface area contributed by atoms with Crippen LogP contribution >= 0.6 is 0 Å². The third kappa shape index (κ3) is 2.76. The molecule has 0 aromatic heterocycles. The lowest BCUT2D eigenvalue weighted by Crippen LogP contribution is -2.41. The predicted octanol–water partition coefficient (Wildman–Crippen LogP) is 2.92. The second kappa shape index (κ2) is 5.47. The highest BCUT2D eigenvalue weighted by atomic mass is 16.6. The van der Waals surface area contributed by atoms with Gasteiger partial charge in [0.2, 0.25) is 0 Å². The largest absolute Gasteiger partial charge is 0.388 e. The van der Waals surface area contributed by atoms with E-state index in [2.05, 4.69) is 32.0 Å². The second-order valence-electron chi connectivity index (χ2n) is 6.45. The molecule has 1 N–H and O–H groups in total. The van der Waals surface area contributed by atoms with E-state index in [1.54, 1.807) is 0 Å². The molecule has 110 valence electrons. The quantitative estimate of drug-likeness (QED) is 0.902. The summed E-state index contributed by atoms with van der Waals surface area (Å²) < 4.78 is 11.5. The van der Waals surface area contributed by atoms with E-state index in [0.29, 0.717) is 6.61 Å². The zero-order valence-corrected chi connectivity index (χ0v) is 12.4. The fraction of sp³-hybridized carbons (Fsp3) is 0.647. The molecule has 3 atom stereocenters. The lowest BCUT2D eigenvalue weighted by Gasteiger charge is -2.39. The van der Waals surface area contributed by atoms with Gasteiger partial charge in [-0.05, 0) is 38.2 Å². The van der Waals surface area contributed by atoms with Crippen LogP contribution in [0.5, 0.6) is 0 Å². The molecule has 1 spiro atoms. The number of hydrogen-bond donors (Lipinski definition) is 1. The van der Waals surface area contributed by atoms with Crippen molar-refractivity contribution >= 4 is 0 Å². The van der Waals surface area contributed by atoms with E-state index in [-0.39, 0.29) is 11.5 Å². The summed E-state index contributed by atoms with van der Waals surface area (Å²) in [6, 6.07) is 6.35. The van der Waals surface area contributed by atoms with Crippen molar-refractivity contribution in [3.63, 3.8) is 0 Å². The van der Waals surface area contributed by atoms with Gasteiger partial charge in [-0.25, -0.2) is 0 Å². The highest BCUT2D eigenvalue weighted by Gasteiger charge is 2.42. The maximum Gasteiger partial charge on any atom is 0.0940 e. The van der Waals surface area contributed by atoms with Crippen LogP contribution in [0.4, 0.5) is 0 Å². The molecule has 2 aliphatic heterocycles. The zero-order valence-electron chi connectivity index (χ0n) is 12.4. The first-order valence-corrected chi connectivity index (χ1v) is 7.56. The molecule has 0 amide bonds. The molecule has 0 aliphatic carbocycles. The molecule has 2 fully saturated rings. The fourth-order valence-corrected chi connectivity index (χ4v) is 3.65. The molecule has 3 rings (SSSR count). The Balaban J connectivity index is 1.77. The second-order valence-corrected chi connectivity index (χ2v) is 6.45. The highest BCUT2D eigenvalue weighted by molar-refractivity contribution is 5.30. The van der Waals surface area contributed by atoms with Crippen LogP contribution in [0, 0.1) is 19.8 Å². The van der Waals surface area contributed by atoms with Crippen LogP contribution in [0.1, 0.15) is 42.1 Å². The standard InChI is InChI=1S/C17H24O3/c1-12-7-13(2)9-15(8-12)16(18)14-3-5-20-17(10-14)4-6-19-11-17/h7-9,14,16,18H,3-6,10-11H2,1-2H3. The Hall–Kier alpha value is -0.900. The van der Waals surface area contributed by atoms with E-state index in [1.807, 2.05) is 0 Å². The van der Waals surface area contributed by atoms with Crippen LogP contribution in [0.2, 0.25) is 0 Å². The van der Waals surface area contributed by atoms with Gasteiger partial charge >= 0.3 is 0 Å². The Morgan fingerprint density at radius 3 is 2.60 bits per heavy atom. The van der Waals surface area contributed by atoms with E-state index < -0.39 is 6.10 Å². The van der Waals surface area contributed by atoms with Gasteiger partial charge in [-0.3, -0.25) is 0 Å². The molecule has 0 radical (unpaired) electrons. The molecular formula is C17H24O3. The summed E-state index contributed by atoms with van der Waals surface area (Å²) >= 11 is 0. The molecule has 3 nitrogen and oxygen atoms in total. The molecule has 0 saturated carbocycles. The summed E-state index contributed by atoms with van der Waals surface area (Å²) in [7, 11) is 0. The number of rotatable bonds is 2. The number of aliphatic hydroxyl groups is 1. The van der Waals surface area contributed by atoms with E-state index in [0.717, 1.165) is 38.0 Å². The van der Waals surface area contributed by atoms with Gasteiger partial charge < -0.3 is 14.6 Å². The zero-order chi connectivity index (χ0) is 14.2. The Kier molecular flexibility index (Phi) is 3.85. The third-order valence-corrected chi connectivity index (χ3v) is 4.63. The van der Waals surface area contributed by atoms with Crippen LogP contribution in [-0.2, 0) is 9.47 Å². The maximum absolute atomic E-state index is 10.7. The van der Waals surface area contributed by atoms with Crippen LogP contribution in [0.15, 0.2) is 18.2 Å². The lowest BCUT2D eigenvalue weighted by molar-refractivity contribution is -0.117. The number of aryl methyl sites for hydroxylation is 2. The van der Waals surface area contributed by atoms with E-state index >= 15 is 0 Å². The summed E-state index contributed by atoms with van der Waals surface area (Å²) in [5, 5.41) is 10.7. The predicted molar refractivity (Wildman–Crippen MR) is 77.7 cm³/mol. The monoisotopic (exact) mass is 276 g/mol. The Bertz CT molecular complexity index is 457. The van der Waals surface area contributed by atoms with Gasteiger partial charge in [0.25, 0.3) is 0 Å². The van der Waals surface area contributed by atoms with Crippen molar-refractivity contribution < 1.29 is 14.6 Å². The first-order valence-electron chi connectivity index (χ1n) is 7.56. The minimum absolute atomic E-state index is 0.136. The Morgan fingerprint density at radius 2 is 1.95 bits per heavy atom. The molecule has 3 heteroatoms. The molecule has 1 aromatic rings. The van der Waals surface area contributed by atoms with Gasteiger partial charge in [0.1, 0.15) is 0 Å². The van der Waals surface area contributed by atoms with Gasteiger partial charge in [0, 0.05) is 19.6 Å². The molecule has 1 aromatic carbocycles. The van der Waals surface area contributed by atoms with Crippen molar-refractivity contribution in [3.8, 4) is 0 Å². The molecule has 2 saturated heterocycles. The van der Waals surface area contributed by atoms with Crippen molar-refractivity contribution in [1.82, 2.24) is 0 Å². The number of ether oxygens (including phenoxy) is 2. The molecule has 3 unspecified atom stereocenters. The summed E-state index contributed by atoms with van der Waals surface area (Å²) in [6.07, 6.45) is 2.40. The normalized spacial score (nSPS) is 31.6. The van der Waals surface area contributed by atoms with Crippen molar-refractivity contribution in [1.29, 1.82) is 0 Å². The Morgan fingerprint density at radius 1 is 1.20 bits per heavy atom. The van der Waals surface area contributed by atoms with Gasteiger partial charge in [0.05, 0.1) is 18.3 Å². The number of benzene rings is 1. The maximum atomic E-state index is 10.7. The lowest BCUT2D eigenvalue weighted by atomic mass is 9.80. The van der Waals surface area contributed by atoms with Crippen LogP contribution in [0.25, 0.3) is 0 Å². The average Bonchev–Trinajstić information content (AvgIpc) is 2.85. The van der Waals surface area contributed by atoms with Crippen LogP contribution in [0.3, 0.4) is 0 Å². The van der Waals surface area contributed by atoms with E-state index in [4.69, 9.17) is 9.47 Å². The summed E-state index contributed by atoms with van der Waals surface area (Å²) in [5.41, 5.74) is 3.33. The molecule has 20 heavy (non-hydrogen) atoms. The van der Waals surface area contributed by atoms with Gasteiger partial charge in [-0.2, -0.15) is 0 Å². The van der Waals surface area contributed by atoms with Crippen molar-refractivity contribution in [2.75, 3.05) is 19.8 Å². The van der Waals surface area contributed by atoms with E-state index in [1.165, 1.54) is 11.1 Å². The van der Waals surface area contributed by atoms with Crippen LogP contribution in [-0.4, -0.2) is 30.5 Å². The van der Waals surface area contributed by atoms with Crippen LogP contribution < -0.4 is 0 Å². The highest BCUT2D eigenvalue weighted by Crippen LogP contribution is 2.41. The van der Waals surface area contributed by atoms with Gasteiger partial charge in [-0.1, -0.05) is 29.3 Å². The SMILES string of the molecule is Cc1cc(C)cc(C(O)C2CCOC3(CCOC3)C2)c1. The minimum atomic E-state index is -0.394.